The number of nitrogens with zero attached hydrogens (tertiary/aromatic N) is 4. The third-order valence-corrected chi connectivity index (χ3v) is 4.65. The summed E-state index contributed by atoms with van der Waals surface area (Å²) < 4.78 is 0. The summed E-state index contributed by atoms with van der Waals surface area (Å²) in [4.78, 5) is 41.9. The van der Waals surface area contributed by atoms with E-state index in [1.165, 1.54) is 24.4 Å². The monoisotopic (exact) mass is 413 g/mol. The van der Waals surface area contributed by atoms with Crippen molar-refractivity contribution in [3.63, 3.8) is 0 Å². The molecule has 10 heteroatoms. The first-order chi connectivity index (χ1) is 13.9. The highest BCUT2D eigenvalue weighted by Gasteiger charge is 2.23. The zero-order valence-electron chi connectivity index (χ0n) is 15.1. The summed E-state index contributed by atoms with van der Waals surface area (Å²) in [6, 6.07) is 9.04. The smallest absolute Gasteiger partial charge is 0.431 e. The van der Waals surface area contributed by atoms with Gasteiger partial charge in [-0.1, -0.05) is 11.6 Å². The highest BCUT2D eigenvalue weighted by molar-refractivity contribution is 6.33. The Hall–Kier alpha value is -3.64. The van der Waals surface area contributed by atoms with Crippen molar-refractivity contribution in [2.24, 2.45) is 0 Å². The van der Waals surface area contributed by atoms with E-state index < -0.39 is 24.2 Å². The molecule has 0 unspecified atom stereocenters. The SMILES string of the molecule is N#Cc1cc(C(=O)CC(=O)NN(C(=O)O)c2ccc(Cl)c(N3CCC3)c2)ccn1. The molecule has 0 radical (unpaired) electrons. The van der Waals surface area contributed by atoms with Crippen LogP contribution in [0.2, 0.25) is 5.02 Å². The molecule has 148 valence electrons. The number of ketones is 1. The number of hydrogen-bond donors (Lipinski definition) is 2. The number of anilines is 2. The highest BCUT2D eigenvalue weighted by atomic mass is 35.5. The van der Waals surface area contributed by atoms with Gasteiger partial charge < -0.3 is 10.0 Å². The predicted molar refractivity (Wildman–Crippen MR) is 105 cm³/mol. The second kappa shape index (κ2) is 8.58. The largest absolute Gasteiger partial charge is 0.463 e. The lowest BCUT2D eigenvalue weighted by Crippen LogP contribution is -2.46. The van der Waals surface area contributed by atoms with Crippen molar-refractivity contribution in [3.8, 4) is 6.07 Å². The van der Waals surface area contributed by atoms with Crippen LogP contribution in [0.25, 0.3) is 0 Å². The number of hydrazine groups is 1. The van der Waals surface area contributed by atoms with Crippen molar-refractivity contribution < 1.29 is 19.5 Å². The number of carboxylic acid groups (broad SMARTS) is 1. The van der Waals surface area contributed by atoms with E-state index in [0.29, 0.717) is 15.7 Å². The van der Waals surface area contributed by atoms with E-state index in [1.54, 1.807) is 12.1 Å². The van der Waals surface area contributed by atoms with Gasteiger partial charge in [-0.2, -0.15) is 10.3 Å². The van der Waals surface area contributed by atoms with E-state index in [4.69, 9.17) is 16.9 Å². The maximum atomic E-state index is 12.3. The summed E-state index contributed by atoms with van der Waals surface area (Å²) in [6.45, 7) is 1.63. The van der Waals surface area contributed by atoms with E-state index in [1.807, 2.05) is 11.0 Å². The van der Waals surface area contributed by atoms with E-state index in [-0.39, 0.29) is 16.9 Å². The van der Waals surface area contributed by atoms with Crippen molar-refractivity contribution in [3.05, 3.63) is 52.8 Å². The number of carbonyl (C=O) groups is 3. The van der Waals surface area contributed by atoms with E-state index in [0.717, 1.165) is 19.5 Å². The van der Waals surface area contributed by atoms with Gasteiger partial charge in [0.15, 0.2) is 5.78 Å². The van der Waals surface area contributed by atoms with Gasteiger partial charge in [0.1, 0.15) is 11.8 Å². The van der Waals surface area contributed by atoms with Crippen LogP contribution in [0.3, 0.4) is 0 Å². The maximum absolute atomic E-state index is 12.3. The Labute approximate surface area is 171 Å². The summed E-state index contributed by atoms with van der Waals surface area (Å²) in [5, 5.41) is 19.5. The van der Waals surface area contributed by atoms with Crippen molar-refractivity contribution >= 4 is 40.8 Å². The molecular formula is C19H16ClN5O4. The van der Waals surface area contributed by atoms with Crippen LogP contribution in [0.4, 0.5) is 16.2 Å². The molecule has 0 saturated carbocycles. The summed E-state index contributed by atoms with van der Waals surface area (Å²) in [5.74, 6) is -1.38. The predicted octanol–water partition coefficient (Wildman–Crippen LogP) is 2.61. The Kier molecular flexibility index (Phi) is 5.95. The summed E-state index contributed by atoms with van der Waals surface area (Å²) >= 11 is 6.19. The zero-order valence-corrected chi connectivity index (χ0v) is 15.9. The van der Waals surface area contributed by atoms with Gasteiger partial charge in [-0.3, -0.25) is 15.0 Å². The maximum Gasteiger partial charge on any atom is 0.431 e. The quantitative estimate of drug-likeness (QED) is 0.438. The summed E-state index contributed by atoms with van der Waals surface area (Å²) in [6.07, 6.45) is 0.298. The van der Waals surface area contributed by atoms with Gasteiger partial charge >= 0.3 is 6.09 Å². The second-order valence-corrected chi connectivity index (χ2v) is 6.68. The average molecular weight is 414 g/mol. The molecule has 0 bridgehead atoms. The molecule has 0 atom stereocenters. The molecule has 2 amide bonds. The Balaban J connectivity index is 1.73. The molecule has 2 aromatic rings. The van der Waals surface area contributed by atoms with Crippen molar-refractivity contribution in [2.45, 2.75) is 12.8 Å². The number of nitriles is 1. The molecule has 29 heavy (non-hydrogen) atoms. The molecular weight excluding hydrogens is 398 g/mol. The minimum Gasteiger partial charge on any atom is -0.463 e. The Morgan fingerprint density at radius 3 is 2.66 bits per heavy atom. The molecule has 9 nitrogen and oxygen atoms in total. The second-order valence-electron chi connectivity index (χ2n) is 6.27. The lowest BCUT2D eigenvalue weighted by molar-refractivity contribution is -0.120. The van der Waals surface area contributed by atoms with Crippen LogP contribution in [0.5, 0.6) is 0 Å². The van der Waals surface area contributed by atoms with Gasteiger partial charge in [0.2, 0.25) is 5.91 Å². The van der Waals surface area contributed by atoms with Crippen molar-refractivity contribution in [1.29, 1.82) is 5.26 Å². The minimum absolute atomic E-state index is 0.0445. The number of halogens is 1. The molecule has 1 aliphatic heterocycles. The number of aromatic nitrogens is 1. The number of amides is 2. The van der Waals surface area contributed by atoms with Gasteiger partial charge in [0.25, 0.3) is 0 Å². The fraction of sp³-hybridized carbons (Fsp3) is 0.211. The number of benzene rings is 1. The van der Waals surface area contributed by atoms with Gasteiger partial charge in [-0.05, 0) is 36.8 Å². The molecule has 1 aliphatic rings. The molecule has 0 aliphatic carbocycles. The first-order valence-corrected chi connectivity index (χ1v) is 9.03. The van der Waals surface area contributed by atoms with Gasteiger partial charge in [-0.25, -0.2) is 9.78 Å². The van der Waals surface area contributed by atoms with E-state index in [9.17, 15) is 19.5 Å². The number of nitrogens with one attached hydrogen (secondary N) is 1. The average Bonchev–Trinajstić information content (AvgIpc) is 2.66. The van der Waals surface area contributed by atoms with Crippen molar-refractivity contribution in [1.82, 2.24) is 10.4 Å². The van der Waals surface area contributed by atoms with Crippen LogP contribution >= 0.6 is 11.6 Å². The number of hydrogen-bond acceptors (Lipinski definition) is 6. The third kappa shape index (κ3) is 4.62. The van der Waals surface area contributed by atoms with Gasteiger partial charge in [0.05, 0.1) is 22.8 Å². The molecule has 2 heterocycles. The molecule has 0 spiro atoms. The molecule has 1 aromatic carbocycles. The number of rotatable bonds is 5. The first-order valence-electron chi connectivity index (χ1n) is 8.65. The standard InChI is InChI=1S/C19H16ClN5O4/c20-15-3-2-14(9-16(15)24-6-1-7-24)25(19(28)29)23-18(27)10-17(26)12-4-5-22-13(8-12)11-21/h2-5,8-9H,1,6-7,10H2,(H,23,27)(H,28,29). The van der Waals surface area contributed by atoms with Crippen LogP contribution in [0.15, 0.2) is 36.5 Å². The minimum atomic E-state index is -1.42. The first kappa shape index (κ1) is 20.1. The normalized spacial score (nSPS) is 12.5. The van der Waals surface area contributed by atoms with Crippen LogP contribution in [-0.2, 0) is 4.79 Å². The molecule has 3 rings (SSSR count). The van der Waals surface area contributed by atoms with Crippen LogP contribution in [0.1, 0.15) is 28.9 Å². The number of Topliss-reactive ketones (excluding diaryl/α,β-unsaturated/α-hetero) is 1. The van der Waals surface area contributed by atoms with Gasteiger partial charge in [0, 0.05) is 24.8 Å². The Bertz CT molecular complexity index is 1020. The molecule has 1 aromatic heterocycles. The topological polar surface area (TPSA) is 127 Å². The highest BCUT2D eigenvalue weighted by Crippen LogP contribution is 2.33. The molecule has 1 saturated heterocycles. The zero-order chi connectivity index (χ0) is 21.0. The molecule has 2 N–H and O–H groups in total. The van der Waals surface area contributed by atoms with Crippen molar-refractivity contribution in [2.75, 3.05) is 23.0 Å². The number of pyridine rings is 1. The Morgan fingerprint density at radius 2 is 2.03 bits per heavy atom. The summed E-state index contributed by atoms with van der Waals surface area (Å²) in [7, 11) is 0. The fourth-order valence-electron chi connectivity index (χ4n) is 2.74. The Morgan fingerprint density at radius 1 is 1.28 bits per heavy atom. The number of carbonyl (C=O) groups excluding carboxylic acids is 2. The van der Waals surface area contributed by atoms with Crippen LogP contribution in [0, 0.1) is 11.3 Å². The van der Waals surface area contributed by atoms with Gasteiger partial charge in [-0.15, -0.1) is 0 Å². The van der Waals surface area contributed by atoms with E-state index >= 15 is 0 Å². The molecule has 1 fully saturated rings. The third-order valence-electron chi connectivity index (χ3n) is 4.33. The van der Waals surface area contributed by atoms with E-state index in [2.05, 4.69) is 10.4 Å². The summed E-state index contributed by atoms with van der Waals surface area (Å²) in [5.41, 5.74) is 3.27. The lowest BCUT2D eigenvalue weighted by Gasteiger charge is -2.34. The lowest BCUT2D eigenvalue weighted by atomic mass is 10.1. The fourth-order valence-corrected chi connectivity index (χ4v) is 2.98. The van der Waals surface area contributed by atoms with Crippen LogP contribution in [-0.4, -0.2) is 41.0 Å². The van der Waals surface area contributed by atoms with Crippen LogP contribution < -0.4 is 15.3 Å².